The number of hydrogen-bond acceptors (Lipinski definition) is 3. The fourth-order valence-electron chi connectivity index (χ4n) is 7.47. The van der Waals surface area contributed by atoms with Gasteiger partial charge in [-0.2, -0.15) is 0 Å². The summed E-state index contributed by atoms with van der Waals surface area (Å²) in [5.41, 5.74) is 10.9. The molecule has 0 N–H and O–H groups in total. The molecule has 2 aromatic heterocycles. The van der Waals surface area contributed by atoms with E-state index in [1.54, 1.807) is 0 Å². The lowest BCUT2D eigenvalue weighted by Crippen LogP contribution is -2.10. The van der Waals surface area contributed by atoms with E-state index in [9.17, 15) is 0 Å². The highest BCUT2D eigenvalue weighted by Gasteiger charge is 2.22. The fourth-order valence-corrected chi connectivity index (χ4v) is 9.95. The number of thiophene rings is 2. The van der Waals surface area contributed by atoms with Crippen molar-refractivity contribution in [1.82, 2.24) is 0 Å². The van der Waals surface area contributed by atoms with E-state index < -0.39 is 0 Å². The minimum atomic E-state index is 1.13. The molecule has 0 radical (unpaired) electrons. The van der Waals surface area contributed by atoms with E-state index in [0.29, 0.717) is 0 Å². The van der Waals surface area contributed by atoms with Gasteiger partial charge in [0.05, 0.1) is 5.69 Å². The average molecular weight is 686 g/mol. The first-order chi connectivity index (χ1) is 25.3. The van der Waals surface area contributed by atoms with E-state index in [1.165, 1.54) is 79.4 Å². The molecule has 0 unspecified atom stereocenters. The second kappa shape index (κ2) is 12.4. The Morgan fingerprint density at radius 3 is 1.61 bits per heavy atom. The maximum absolute atomic E-state index is 2.47. The second-order valence-corrected chi connectivity index (χ2v) is 15.0. The van der Waals surface area contributed by atoms with Crippen molar-refractivity contribution in [2.45, 2.75) is 0 Å². The summed E-state index contributed by atoms with van der Waals surface area (Å²) in [5, 5.41) is 5.14. The predicted octanol–water partition coefficient (Wildman–Crippen LogP) is 14.9. The molecule has 0 saturated heterocycles. The van der Waals surface area contributed by atoms with E-state index in [-0.39, 0.29) is 0 Å². The number of rotatable bonds is 6. The van der Waals surface area contributed by atoms with Crippen molar-refractivity contribution < 1.29 is 0 Å². The van der Waals surface area contributed by atoms with Gasteiger partial charge in [-0.3, -0.25) is 0 Å². The zero-order valence-electron chi connectivity index (χ0n) is 27.7. The zero-order chi connectivity index (χ0) is 33.7. The van der Waals surface area contributed by atoms with Crippen LogP contribution in [-0.4, -0.2) is 0 Å². The van der Waals surface area contributed by atoms with Crippen molar-refractivity contribution in [3.05, 3.63) is 188 Å². The summed E-state index contributed by atoms with van der Waals surface area (Å²) in [6, 6.07) is 68.5. The monoisotopic (exact) mass is 685 g/mol. The van der Waals surface area contributed by atoms with Gasteiger partial charge >= 0.3 is 0 Å². The third kappa shape index (κ3) is 5.13. The molecule has 0 amide bonds. The van der Waals surface area contributed by atoms with Crippen molar-refractivity contribution in [1.29, 1.82) is 0 Å². The van der Waals surface area contributed by atoms with Crippen LogP contribution in [0.2, 0.25) is 0 Å². The highest BCUT2D eigenvalue weighted by molar-refractivity contribution is 7.26. The minimum Gasteiger partial charge on any atom is -0.310 e. The largest absolute Gasteiger partial charge is 0.310 e. The first kappa shape index (κ1) is 29.9. The quantitative estimate of drug-likeness (QED) is 0.168. The number of anilines is 3. The van der Waals surface area contributed by atoms with Crippen LogP contribution >= 0.6 is 22.7 Å². The smallest absolute Gasteiger partial charge is 0.0555 e. The average Bonchev–Trinajstić information content (AvgIpc) is 3.78. The van der Waals surface area contributed by atoms with E-state index in [1.807, 2.05) is 22.7 Å². The van der Waals surface area contributed by atoms with Crippen LogP contribution in [0.3, 0.4) is 0 Å². The van der Waals surface area contributed by atoms with E-state index in [0.717, 1.165) is 11.4 Å². The normalized spacial score (nSPS) is 11.5. The SMILES string of the molecule is c1ccc(-c2ccc(N(c3ccc4sc5c(-c6ccccc6)cccc5c4c3)c3ccc(-c4ccccc4)c4sc5ccccc5c34)cc2)cc1. The van der Waals surface area contributed by atoms with Crippen LogP contribution in [0.15, 0.2) is 188 Å². The number of benzene rings is 8. The molecule has 3 heteroatoms. The summed E-state index contributed by atoms with van der Waals surface area (Å²) in [7, 11) is 0. The Kier molecular flexibility index (Phi) is 7.26. The molecule has 51 heavy (non-hydrogen) atoms. The number of fused-ring (bicyclic) bond motifs is 6. The third-order valence-corrected chi connectivity index (χ3v) is 12.3. The molecule has 10 rings (SSSR count). The maximum Gasteiger partial charge on any atom is 0.0555 e. The topological polar surface area (TPSA) is 3.24 Å². The van der Waals surface area contributed by atoms with Crippen molar-refractivity contribution in [2.24, 2.45) is 0 Å². The molecule has 1 nitrogen and oxygen atoms in total. The predicted molar refractivity (Wildman–Crippen MR) is 223 cm³/mol. The van der Waals surface area contributed by atoms with Gasteiger partial charge in [0.15, 0.2) is 0 Å². The molecular formula is C48H31NS2. The van der Waals surface area contributed by atoms with Gasteiger partial charge in [-0.05, 0) is 75.8 Å². The molecule has 0 saturated carbocycles. The van der Waals surface area contributed by atoms with Crippen molar-refractivity contribution in [3.8, 4) is 33.4 Å². The number of nitrogens with zero attached hydrogens (tertiary/aromatic N) is 1. The minimum absolute atomic E-state index is 1.13. The molecule has 0 aliphatic rings. The fraction of sp³-hybridized carbons (Fsp3) is 0. The maximum atomic E-state index is 2.47. The molecule has 10 aromatic rings. The first-order valence-corrected chi connectivity index (χ1v) is 18.9. The van der Waals surface area contributed by atoms with Gasteiger partial charge in [-0.15, -0.1) is 22.7 Å². The van der Waals surface area contributed by atoms with Crippen LogP contribution in [0.25, 0.3) is 73.7 Å². The standard InChI is InChI=1S/C48H31NS2/c1-4-13-32(14-5-1)33-23-25-36(26-24-33)49(37-27-30-45-42(31-37)40-21-12-20-38(47(40)50-45)34-15-6-2-7-16-34)43-29-28-39(35-17-8-3-9-18-35)48-46(43)41-19-10-11-22-44(41)51-48/h1-31H. The molecule has 0 aliphatic heterocycles. The Labute approximate surface area is 304 Å². The molecule has 2 heterocycles. The highest BCUT2D eigenvalue weighted by Crippen LogP contribution is 2.49. The van der Waals surface area contributed by atoms with Crippen LogP contribution in [0.5, 0.6) is 0 Å². The zero-order valence-corrected chi connectivity index (χ0v) is 29.3. The molecule has 0 spiro atoms. The van der Waals surface area contributed by atoms with Gasteiger partial charge in [0.1, 0.15) is 0 Å². The number of hydrogen-bond donors (Lipinski definition) is 0. The van der Waals surface area contributed by atoms with E-state index in [4.69, 9.17) is 0 Å². The summed E-state index contributed by atoms with van der Waals surface area (Å²) in [5.74, 6) is 0. The third-order valence-electron chi connectivity index (χ3n) is 9.89. The summed E-state index contributed by atoms with van der Waals surface area (Å²) in [6.45, 7) is 0. The van der Waals surface area contributed by atoms with Gasteiger partial charge < -0.3 is 4.90 Å². The van der Waals surface area contributed by atoms with Crippen LogP contribution in [-0.2, 0) is 0 Å². The van der Waals surface area contributed by atoms with Crippen molar-refractivity contribution in [2.75, 3.05) is 4.90 Å². The molecule has 0 aliphatic carbocycles. The molecule has 0 fully saturated rings. The van der Waals surface area contributed by atoms with Crippen LogP contribution in [0.1, 0.15) is 0 Å². The van der Waals surface area contributed by atoms with Gasteiger partial charge in [-0.1, -0.05) is 146 Å². The van der Waals surface area contributed by atoms with Gasteiger partial charge in [0.25, 0.3) is 0 Å². The lowest BCUT2D eigenvalue weighted by molar-refractivity contribution is 1.31. The van der Waals surface area contributed by atoms with E-state index >= 15 is 0 Å². The van der Waals surface area contributed by atoms with Crippen LogP contribution in [0, 0.1) is 0 Å². The highest BCUT2D eigenvalue weighted by atomic mass is 32.1. The summed E-state index contributed by atoms with van der Waals surface area (Å²) in [6.07, 6.45) is 0. The molecular weight excluding hydrogens is 655 g/mol. The summed E-state index contributed by atoms with van der Waals surface area (Å²) < 4.78 is 5.22. The Morgan fingerprint density at radius 2 is 0.882 bits per heavy atom. The van der Waals surface area contributed by atoms with E-state index in [2.05, 4.69) is 193 Å². The molecule has 0 atom stereocenters. The molecule has 8 aromatic carbocycles. The summed E-state index contributed by atoms with van der Waals surface area (Å²) >= 11 is 3.77. The van der Waals surface area contributed by atoms with Gasteiger partial charge in [0, 0.05) is 51.7 Å². The Morgan fingerprint density at radius 1 is 0.333 bits per heavy atom. The van der Waals surface area contributed by atoms with Crippen molar-refractivity contribution in [3.63, 3.8) is 0 Å². The Balaban J connectivity index is 1.22. The summed E-state index contributed by atoms with van der Waals surface area (Å²) in [4.78, 5) is 2.47. The van der Waals surface area contributed by atoms with Crippen LogP contribution < -0.4 is 4.90 Å². The second-order valence-electron chi connectivity index (χ2n) is 12.9. The van der Waals surface area contributed by atoms with Crippen LogP contribution in [0.4, 0.5) is 17.1 Å². The van der Waals surface area contributed by atoms with Gasteiger partial charge in [-0.25, -0.2) is 0 Å². The van der Waals surface area contributed by atoms with Crippen molar-refractivity contribution >= 4 is 80.1 Å². The first-order valence-electron chi connectivity index (χ1n) is 17.3. The Hall–Kier alpha value is -6.00. The molecule has 0 bridgehead atoms. The Bertz CT molecular complexity index is 2830. The van der Waals surface area contributed by atoms with Gasteiger partial charge in [0.2, 0.25) is 0 Å². The lowest BCUT2D eigenvalue weighted by Gasteiger charge is -2.27. The lowest BCUT2D eigenvalue weighted by atomic mass is 9.99. The molecule has 240 valence electrons.